The van der Waals surface area contributed by atoms with Crippen molar-refractivity contribution in [2.45, 2.75) is 68.4 Å². The smallest absolute Gasteiger partial charge is 0.267 e. The number of amides is 2. The van der Waals surface area contributed by atoms with Crippen LogP contribution in [0.2, 0.25) is 10.0 Å². The van der Waals surface area contributed by atoms with Gasteiger partial charge in [-0.25, -0.2) is 22.2 Å². The first-order valence-electron chi connectivity index (χ1n) is 15.0. The quantitative estimate of drug-likeness (QED) is 0.333. The van der Waals surface area contributed by atoms with Gasteiger partial charge in [-0.05, 0) is 80.3 Å². The molecule has 3 aromatic rings. The van der Waals surface area contributed by atoms with Gasteiger partial charge in [-0.2, -0.15) is 5.10 Å². The van der Waals surface area contributed by atoms with Crippen molar-refractivity contribution in [1.29, 1.82) is 0 Å². The fourth-order valence-electron chi connectivity index (χ4n) is 6.75. The van der Waals surface area contributed by atoms with E-state index in [0.717, 1.165) is 30.2 Å². The molecule has 2 aliphatic heterocycles. The van der Waals surface area contributed by atoms with Gasteiger partial charge < -0.3 is 14.4 Å². The summed E-state index contributed by atoms with van der Waals surface area (Å²) in [5, 5.41) is 4.75. The molecule has 2 amide bonds. The number of piperidine rings is 1. The SMILES string of the molecule is O=C(NS(=O)(=O)C1CCOCC1)c1ccc(N2C(=O)[C@@H]3C[C@H]2C[C@H]3OCc2c(C3CC3)cnn2-c2c(Cl)cccc2Cl)cc1F. The molecule has 2 saturated carbocycles. The molecule has 4 aliphatic rings. The van der Waals surface area contributed by atoms with Crippen molar-refractivity contribution < 1.29 is 31.9 Å². The van der Waals surface area contributed by atoms with Crippen molar-refractivity contribution in [3.05, 3.63) is 75.3 Å². The minimum absolute atomic E-state index is 0.181. The van der Waals surface area contributed by atoms with E-state index in [1.807, 2.05) is 10.9 Å². The topological polar surface area (TPSA) is 120 Å². The van der Waals surface area contributed by atoms with E-state index in [0.29, 0.717) is 40.2 Å². The first kappa shape index (κ1) is 30.6. The molecule has 0 unspecified atom stereocenters. The van der Waals surface area contributed by atoms with Crippen LogP contribution in [0.15, 0.2) is 42.6 Å². The van der Waals surface area contributed by atoms with Crippen molar-refractivity contribution >= 4 is 50.7 Å². The summed E-state index contributed by atoms with van der Waals surface area (Å²) in [6.45, 7) is 0.790. The molecular weight excluding hydrogens is 646 g/mol. The minimum Gasteiger partial charge on any atom is -0.381 e. The Balaban J connectivity index is 1.03. The van der Waals surface area contributed by atoms with E-state index in [-0.39, 0.29) is 50.7 Å². The van der Waals surface area contributed by atoms with E-state index in [9.17, 15) is 18.0 Å². The Morgan fingerprint density at radius 2 is 1.82 bits per heavy atom. The maximum absolute atomic E-state index is 15.2. The van der Waals surface area contributed by atoms with E-state index >= 15 is 4.39 Å². The second kappa shape index (κ2) is 12.0. The molecule has 2 aromatic carbocycles. The van der Waals surface area contributed by atoms with E-state index in [4.69, 9.17) is 32.7 Å². The lowest BCUT2D eigenvalue weighted by molar-refractivity contribution is -0.126. The number of nitrogens with zero attached hydrogens (tertiary/aromatic N) is 3. The minimum atomic E-state index is -3.99. The molecule has 4 fully saturated rings. The molecule has 14 heteroatoms. The number of hydrogen-bond acceptors (Lipinski definition) is 7. The Labute approximate surface area is 269 Å². The van der Waals surface area contributed by atoms with Gasteiger partial charge in [0.25, 0.3) is 5.91 Å². The normalized spacial score (nSPS) is 23.6. The monoisotopic (exact) mass is 676 g/mol. The Morgan fingerprint density at radius 3 is 2.49 bits per heavy atom. The first-order valence-corrected chi connectivity index (χ1v) is 17.3. The number of benzene rings is 2. The number of sulfonamides is 1. The molecule has 45 heavy (non-hydrogen) atoms. The van der Waals surface area contributed by atoms with Gasteiger partial charge in [0.2, 0.25) is 15.9 Å². The molecule has 238 valence electrons. The highest BCUT2D eigenvalue weighted by molar-refractivity contribution is 7.90. The van der Waals surface area contributed by atoms with Crippen molar-refractivity contribution in [3.63, 3.8) is 0 Å². The van der Waals surface area contributed by atoms with Gasteiger partial charge in [-0.1, -0.05) is 29.3 Å². The third-order valence-corrected chi connectivity index (χ3v) is 11.6. The fraction of sp³-hybridized carbons (Fsp3) is 0.452. The maximum atomic E-state index is 15.2. The molecule has 7 rings (SSSR count). The van der Waals surface area contributed by atoms with Crippen molar-refractivity contribution in [2.24, 2.45) is 5.92 Å². The summed E-state index contributed by atoms with van der Waals surface area (Å²) in [6, 6.07) is 8.88. The van der Waals surface area contributed by atoms with Crippen molar-refractivity contribution in [3.8, 4) is 5.69 Å². The zero-order valence-corrected chi connectivity index (χ0v) is 26.5. The summed E-state index contributed by atoms with van der Waals surface area (Å²) in [7, 11) is -3.99. The van der Waals surface area contributed by atoms with Crippen LogP contribution in [0.1, 0.15) is 66.1 Å². The third kappa shape index (κ3) is 5.76. The number of carbonyl (C=O) groups excluding carboxylic acids is 2. The van der Waals surface area contributed by atoms with Crippen LogP contribution in [-0.2, 0) is 30.9 Å². The highest BCUT2D eigenvalue weighted by Gasteiger charge is 2.52. The number of carbonyl (C=O) groups is 2. The predicted octanol–water partition coefficient (Wildman–Crippen LogP) is 5.14. The van der Waals surface area contributed by atoms with Gasteiger partial charge in [-0.3, -0.25) is 9.59 Å². The van der Waals surface area contributed by atoms with E-state index in [1.54, 1.807) is 27.8 Å². The molecule has 2 aliphatic carbocycles. The molecule has 1 aromatic heterocycles. The number of nitrogens with one attached hydrogen (secondary N) is 1. The number of rotatable bonds is 9. The Hall–Kier alpha value is -3.03. The molecule has 3 heterocycles. The average Bonchev–Trinajstić information content (AvgIpc) is 3.52. The van der Waals surface area contributed by atoms with Crippen LogP contribution < -0.4 is 9.62 Å². The van der Waals surface area contributed by atoms with Gasteiger partial charge in [0.15, 0.2) is 0 Å². The summed E-state index contributed by atoms with van der Waals surface area (Å²) in [4.78, 5) is 27.8. The van der Waals surface area contributed by atoms with Crippen LogP contribution in [0, 0.1) is 11.7 Å². The number of ether oxygens (including phenoxy) is 2. The van der Waals surface area contributed by atoms with Crippen LogP contribution in [0.5, 0.6) is 0 Å². The number of fused-ring (bicyclic) bond motifs is 2. The lowest BCUT2D eigenvalue weighted by Gasteiger charge is -2.31. The van der Waals surface area contributed by atoms with Crippen molar-refractivity contribution in [2.75, 3.05) is 18.1 Å². The van der Waals surface area contributed by atoms with Crippen molar-refractivity contribution in [1.82, 2.24) is 14.5 Å². The molecule has 2 saturated heterocycles. The zero-order chi connectivity index (χ0) is 31.5. The van der Waals surface area contributed by atoms with E-state index in [1.165, 1.54) is 12.1 Å². The van der Waals surface area contributed by atoms with Gasteiger partial charge in [0.05, 0.1) is 51.4 Å². The molecule has 2 bridgehead atoms. The standard InChI is InChI=1S/C31H31Cl2FN4O6S/c32-24-2-1-3-25(33)29(24)38-27(23(15-35-38)17-4-5-17)16-44-28-14-19-12-22(28)31(40)37(19)18-6-7-21(26(34)13-18)30(39)36-45(41,42)20-8-10-43-11-9-20/h1-3,6-7,13,15,17,19-20,22,28H,4-5,8-12,14,16H2,(H,36,39)/t19-,22+,28+/m0/s1. The summed E-state index contributed by atoms with van der Waals surface area (Å²) in [5.41, 5.74) is 2.43. The van der Waals surface area contributed by atoms with Crippen LogP contribution in [-0.4, -0.2) is 60.6 Å². The van der Waals surface area contributed by atoms with Crippen LogP contribution in [0.25, 0.3) is 5.69 Å². The van der Waals surface area contributed by atoms with Crippen LogP contribution in [0.4, 0.5) is 10.1 Å². The number of hydrogen-bond donors (Lipinski definition) is 1. The van der Waals surface area contributed by atoms with Gasteiger partial charge in [-0.15, -0.1) is 0 Å². The molecule has 0 spiro atoms. The highest BCUT2D eigenvalue weighted by atomic mass is 35.5. The van der Waals surface area contributed by atoms with E-state index < -0.39 is 38.5 Å². The van der Waals surface area contributed by atoms with Gasteiger partial charge in [0.1, 0.15) is 11.5 Å². The first-order chi connectivity index (χ1) is 21.6. The lowest BCUT2D eigenvalue weighted by atomic mass is 10.0. The number of aromatic nitrogens is 2. The van der Waals surface area contributed by atoms with Gasteiger partial charge in [0, 0.05) is 24.9 Å². The molecule has 1 N–H and O–H groups in total. The molecule has 10 nitrogen and oxygen atoms in total. The summed E-state index contributed by atoms with van der Waals surface area (Å²) in [6.07, 6.45) is 5.28. The number of halogens is 3. The zero-order valence-electron chi connectivity index (χ0n) is 24.1. The maximum Gasteiger partial charge on any atom is 0.267 e. The predicted molar refractivity (Wildman–Crippen MR) is 165 cm³/mol. The summed E-state index contributed by atoms with van der Waals surface area (Å²) in [5.74, 6) is -2.14. The average molecular weight is 678 g/mol. The van der Waals surface area contributed by atoms with Crippen LogP contribution in [0.3, 0.4) is 0 Å². The second-order valence-corrected chi connectivity index (χ2v) is 14.8. The molecule has 0 radical (unpaired) electrons. The molecule has 3 atom stereocenters. The van der Waals surface area contributed by atoms with Gasteiger partial charge >= 0.3 is 0 Å². The largest absolute Gasteiger partial charge is 0.381 e. The Morgan fingerprint density at radius 1 is 1.09 bits per heavy atom. The molecular formula is C31H31Cl2FN4O6S. The number of anilines is 1. The Bertz CT molecular complexity index is 1750. The third-order valence-electron chi connectivity index (χ3n) is 9.22. The number of para-hydroxylation sites is 1. The highest BCUT2D eigenvalue weighted by Crippen LogP contribution is 2.46. The fourth-order valence-corrected chi connectivity index (χ4v) is 8.66. The summed E-state index contributed by atoms with van der Waals surface area (Å²) >= 11 is 13.0. The summed E-state index contributed by atoms with van der Waals surface area (Å²) < 4.78 is 55.7. The van der Waals surface area contributed by atoms with E-state index in [2.05, 4.69) is 5.10 Å². The van der Waals surface area contributed by atoms with Crippen LogP contribution >= 0.6 is 23.2 Å². The Kier molecular flexibility index (Phi) is 8.14. The second-order valence-electron chi connectivity index (χ2n) is 12.0. The lowest BCUT2D eigenvalue weighted by Crippen LogP contribution is -2.43.